The van der Waals surface area contributed by atoms with Crippen molar-refractivity contribution in [3.8, 4) is 0 Å². The van der Waals surface area contributed by atoms with Gasteiger partial charge in [0.05, 0.1) is 11.8 Å². The molecule has 0 bridgehead atoms. The second kappa shape index (κ2) is 3.21. The van der Waals surface area contributed by atoms with E-state index in [1.807, 2.05) is 19.0 Å². The summed E-state index contributed by atoms with van der Waals surface area (Å²) >= 11 is 1.74. The summed E-state index contributed by atoms with van der Waals surface area (Å²) in [6.45, 7) is 0.775. The van der Waals surface area contributed by atoms with Crippen LogP contribution in [0.3, 0.4) is 0 Å². The third-order valence-corrected chi connectivity index (χ3v) is 2.77. The van der Waals surface area contributed by atoms with E-state index >= 15 is 0 Å². The average molecular weight is 161 g/mol. The van der Waals surface area contributed by atoms with Crippen molar-refractivity contribution in [2.75, 3.05) is 26.4 Å². The molecule has 10 heavy (non-hydrogen) atoms. The van der Waals surface area contributed by atoms with Gasteiger partial charge in [0, 0.05) is 5.75 Å². The molecule has 0 N–H and O–H groups in total. The van der Waals surface area contributed by atoms with E-state index in [0.29, 0.717) is 0 Å². The van der Waals surface area contributed by atoms with Crippen molar-refractivity contribution < 1.29 is 0 Å². The van der Waals surface area contributed by atoms with Gasteiger partial charge in [-0.05, 0) is 14.1 Å². The first-order valence-corrected chi connectivity index (χ1v) is 4.18. The highest BCUT2D eigenvalue weighted by Crippen LogP contribution is 2.24. The third-order valence-electron chi connectivity index (χ3n) is 1.39. The molecule has 58 valence electrons. The first kappa shape index (κ1) is 7.81. The molecule has 5 heteroatoms. The summed E-state index contributed by atoms with van der Waals surface area (Å²) in [4.78, 5) is 12.1. The average Bonchev–Trinajstić information content (AvgIpc) is 2.33. The number of hydrogen-bond acceptors (Lipinski definition) is 4. The van der Waals surface area contributed by atoms with E-state index in [-0.39, 0.29) is 5.50 Å². The van der Waals surface area contributed by atoms with Crippen molar-refractivity contribution in [3.63, 3.8) is 0 Å². The molecule has 1 atom stereocenters. The Kier molecular flexibility index (Phi) is 2.50. The molecule has 1 aliphatic heterocycles. The van der Waals surface area contributed by atoms with Crippen molar-refractivity contribution in [2.24, 2.45) is 5.29 Å². The number of nitrogens with zero attached hydrogens (tertiary/aromatic N) is 3. The number of thioether (sulfide) groups is 1. The van der Waals surface area contributed by atoms with E-state index in [4.69, 9.17) is 0 Å². The molecule has 0 aromatic heterocycles. The Morgan fingerprint density at radius 3 is 2.80 bits per heavy atom. The van der Waals surface area contributed by atoms with E-state index in [1.165, 1.54) is 0 Å². The van der Waals surface area contributed by atoms with E-state index < -0.39 is 0 Å². The van der Waals surface area contributed by atoms with Crippen molar-refractivity contribution in [1.82, 2.24) is 9.91 Å². The molecule has 0 amide bonds. The molecule has 1 rings (SSSR count). The summed E-state index contributed by atoms with van der Waals surface area (Å²) in [7, 11) is 3.89. The van der Waals surface area contributed by atoms with Crippen LogP contribution in [0.4, 0.5) is 0 Å². The highest BCUT2D eigenvalue weighted by atomic mass is 32.2. The molecule has 1 saturated heterocycles. The SMILES string of the molecule is CN(C)C1SCCN1N=O. The molecule has 0 radical (unpaired) electrons. The van der Waals surface area contributed by atoms with Gasteiger partial charge >= 0.3 is 0 Å². The number of nitroso groups, excluding NO2 is 1. The molecule has 0 aliphatic carbocycles. The lowest BCUT2D eigenvalue weighted by Crippen LogP contribution is -2.34. The Balaban J connectivity index is 2.49. The molecule has 1 unspecified atom stereocenters. The van der Waals surface area contributed by atoms with Gasteiger partial charge in [-0.25, -0.2) is 5.01 Å². The fourth-order valence-electron chi connectivity index (χ4n) is 0.945. The normalized spacial score (nSPS) is 25.9. The minimum Gasteiger partial charge on any atom is -0.280 e. The molecule has 0 aromatic carbocycles. The minimum atomic E-state index is 0.150. The first-order valence-electron chi connectivity index (χ1n) is 3.13. The Morgan fingerprint density at radius 2 is 2.40 bits per heavy atom. The van der Waals surface area contributed by atoms with Gasteiger partial charge in [0.2, 0.25) is 0 Å². The van der Waals surface area contributed by atoms with E-state index in [1.54, 1.807) is 16.8 Å². The summed E-state index contributed by atoms with van der Waals surface area (Å²) in [6.07, 6.45) is 0. The third kappa shape index (κ3) is 1.41. The summed E-state index contributed by atoms with van der Waals surface area (Å²) < 4.78 is 0. The summed E-state index contributed by atoms with van der Waals surface area (Å²) in [5, 5.41) is 4.47. The Hall–Kier alpha value is -0.290. The van der Waals surface area contributed by atoms with Gasteiger partial charge in [-0.1, -0.05) is 0 Å². The van der Waals surface area contributed by atoms with Crippen LogP contribution in [0.25, 0.3) is 0 Å². The van der Waals surface area contributed by atoms with Crippen molar-refractivity contribution in [2.45, 2.75) is 5.50 Å². The van der Waals surface area contributed by atoms with Crippen molar-refractivity contribution in [1.29, 1.82) is 0 Å². The smallest absolute Gasteiger partial charge is 0.149 e. The molecule has 0 saturated carbocycles. The van der Waals surface area contributed by atoms with Crippen LogP contribution in [0.1, 0.15) is 0 Å². The molecular weight excluding hydrogens is 150 g/mol. The maximum atomic E-state index is 10.2. The topological polar surface area (TPSA) is 35.9 Å². The van der Waals surface area contributed by atoms with E-state index in [0.717, 1.165) is 12.3 Å². The molecule has 4 nitrogen and oxygen atoms in total. The summed E-state index contributed by atoms with van der Waals surface area (Å²) in [6, 6.07) is 0. The zero-order valence-electron chi connectivity index (χ0n) is 6.15. The lowest BCUT2D eigenvalue weighted by molar-refractivity contribution is 0.172. The van der Waals surface area contributed by atoms with Crippen LogP contribution in [-0.4, -0.2) is 41.8 Å². The van der Waals surface area contributed by atoms with Gasteiger partial charge < -0.3 is 0 Å². The highest BCUT2D eigenvalue weighted by molar-refractivity contribution is 8.00. The molecule has 1 fully saturated rings. The molecule has 0 spiro atoms. The molecule has 1 aliphatic rings. The second-order valence-corrected chi connectivity index (χ2v) is 3.57. The van der Waals surface area contributed by atoms with Gasteiger partial charge in [-0.2, -0.15) is 0 Å². The second-order valence-electron chi connectivity index (χ2n) is 2.41. The monoisotopic (exact) mass is 161 g/mol. The summed E-state index contributed by atoms with van der Waals surface area (Å²) in [5.41, 5.74) is 0.150. The fourth-order valence-corrected chi connectivity index (χ4v) is 2.06. The quantitative estimate of drug-likeness (QED) is 0.554. The largest absolute Gasteiger partial charge is 0.280 e. The van der Waals surface area contributed by atoms with Crippen LogP contribution >= 0.6 is 11.8 Å². The Bertz CT molecular complexity index is 130. The lowest BCUT2D eigenvalue weighted by Gasteiger charge is -2.22. The predicted octanol–water partition coefficient (Wildman–Crippen LogP) is 0.562. The standard InChI is InChI=1S/C5H11N3OS/c1-7(2)5-8(6-9)3-4-10-5/h5H,3-4H2,1-2H3. The van der Waals surface area contributed by atoms with E-state index in [9.17, 15) is 4.91 Å². The van der Waals surface area contributed by atoms with Crippen LogP contribution in [0.5, 0.6) is 0 Å². The van der Waals surface area contributed by atoms with Crippen molar-refractivity contribution in [3.05, 3.63) is 4.91 Å². The van der Waals surface area contributed by atoms with Crippen LogP contribution in [0.15, 0.2) is 5.29 Å². The van der Waals surface area contributed by atoms with Crippen molar-refractivity contribution >= 4 is 11.8 Å². The lowest BCUT2D eigenvalue weighted by atomic mass is 10.7. The fraction of sp³-hybridized carbons (Fsp3) is 1.00. The van der Waals surface area contributed by atoms with Gasteiger partial charge in [0.15, 0.2) is 0 Å². The minimum absolute atomic E-state index is 0.150. The van der Waals surface area contributed by atoms with Crippen LogP contribution in [-0.2, 0) is 0 Å². The summed E-state index contributed by atoms with van der Waals surface area (Å²) in [5.74, 6) is 0.995. The predicted molar refractivity (Wildman–Crippen MR) is 42.4 cm³/mol. The maximum Gasteiger partial charge on any atom is 0.149 e. The van der Waals surface area contributed by atoms with Crippen LogP contribution in [0, 0.1) is 4.91 Å². The molecule has 0 aromatic rings. The highest BCUT2D eigenvalue weighted by Gasteiger charge is 2.26. The van der Waals surface area contributed by atoms with Gasteiger partial charge in [0.1, 0.15) is 5.50 Å². The van der Waals surface area contributed by atoms with Gasteiger partial charge in [0.25, 0.3) is 0 Å². The Morgan fingerprint density at radius 1 is 1.70 bits per heavy atom. The van der Waals surface area contributed by atoms with E-state index in [2.05, 4.69) is 5.29 Å². The van der Waals surface area contributed by atoms with Crippen LogP contribution < -0.4 is 0 Å². The van der Waals surface area contributed by atoms with Crippen LogP contribution in [0.2, 0.25) is 0 Å². The zero-order valence-corrected chi connectivity index (χ0v) is 6.97. The number of rotatable bonds is 2. The zero-order chi connectivity index (χ0) is 7.56. The molecule has 1 heterocycles. The van der Waals surface area contributed by atoms with Gasteiger partial charge in [-0.15, -0.1) is 16.7 Å². The molecular formula is C5H11N3OS. The first-order chi connectivity index (χ1) is 4.75. The maximum absolute atomic E-state index is 10.2. The number of hydrogen-bond donors (Lipinski definition) is 0. The Labute approximate surface area is 64.5 Å². The van der Waals surface area contributed by atoms with Gasteiger partial charge in [-0.3, -0.25) is 4.90 Å².